The Morgan fingerprint density at radius 3 is 2.00 bits per heavy atom. The van der Waals surface area contributed by atoms with Crippen molar-refractivity contribution in [1.82, 2.24) is 0 Å². The first-order valence-corrected chi connectivity index (χ1v) is 5.85. The molecule has 0 fully saturated rings. The van der Waals surface area contributed by atoms with E-state index in [1.807, 2.05) is 0 Å². The lowest BCUT2D eigenvalue weighted by Gasteiger charge is -2.04. The average molecular weight is 314 g/mol. The summed E-state index contributed by atoms with van der Waals surface area (Å²) in [5.74, 6) is -11.5. The van der Waals surface area contributed by atoms with Gasteiger partial charge in [-0.1, -0.05) is 12.1 Å². The summed E-state index contributed by atoms with van der Waals surface area (Å²) in [4.78, 5) is 11.7. The van der Waals surface area contributed by atoms with Gasteiger partial charge < -0.3 is 5.11 Å². The van der Waals surface area contributed by atoms with Gasteiger partial charge in [-0.05, 0) is 24.3 Å². The molecule has 0 saturated heterocycles. The Hall–Kier alpha value is -2.70. The van der Waals surface area contributed by atoms with Crippen molar-refractivity contribution in [3.8, 4) is 5.75 Å². The van der Waals surface area contributed by atoms with Gasteiger partial charge in [0.1, 0.15) is 5.75 Å². The summed E-state index contributed by atoms with van der Waals surface area (Å²) in [6.45, 7) is 0. The molecule has 0 bridgehead atoms. The van der Waals surface area contributed by atoms with E-state index in [1.165, 1.54) is 18.2 Å². The molecule has 0 atom stereocenters. The molecule has 0 saturated carbocycles. The van der Waals surface area contributed by atoms with Crippen LogP contribution in [0.25, 0.3) is 6.08 Å². The smallest absolute Gasteiger partial charge is 0.200 e. The molecule has 2 nitrogen and oxygen atoms in total. The third kappa shape index (κ3) is 2.83. The number of allylic oxidation sites excluding steroid dienone is 1. The molecule has 0 amide bonds. The second-order valence-corrected chi connectivity index (χ2v) is 4.23. The van der Waals surface area contributed by atoms with Crippen LogP contribution in [0.5, 0.6) is 5.75 Å². The zero-order valence-electron chi connectivity index (χ0n) is 10.7. The van der Waals surface area contributed by atoms with Crippen molar-refractivity contribution in [3.05, 3.63) is 70.6 Å². The third-order valence-corrected chi connectivity index (χ3v) is 2.78. The number of halogens is 5. The van der Waals surface area contributed by atoms with Crippen LogP contribution in [-0.4, -0.2) is 10.9 Å². The molecule has 0 aliphatic carbocycles. The molecule has 1 N–H and O–H groups in total. The van der Waals surface area contributed by atoms with E-state index >= 15 is 0 Å². The van der Waals surface area contributed by atoms with Gasteiger partial charge in [-0.2, -0.15) is 0 Å². The first-order chi connectivity index (χ1) is 10.3. The van der Waals surface area contributed by atoms with Gasteiger partial charge >= 0.3 is 0 Å². The van der Waals surface area contributed by atoms with Crippen molar-refractivity contribution in [2.45, 2.75) is 0 Å². The van der Waals surface area contributed by atoms with Crippen molar-refractivity contribution in [1.29, 1.82) is 0 Å². The fourth-order valence-corrected chi connectivity index (χ4v) is 1.68. The van der Waals surface area contributed by atoms with Gasteiger partial charge in [-0.25, -0.2) is 22.0 Å². The molecule has 0 radical (unpaired) electrons. The fourth-order valence-electron chi connectivity index (χ4n) is 1.68. The highest BCUT2D eigenvalue weighted by molar-refractivity contribution is 6.07. The molecule has 2 aromatic rings. The van der Waals surface area contributed by atoms with E-state index in [2.05, 4.69) is 0 Å². The number of carbonyl (C=O) groups excluding carboxylic acids is 1. The van der Waals surface area contributed by atoms with Gasteiger partial charge in [-0.3, -0.25) is 4.79 Å². The first kappa shape index (κ1) is 15.7. The van der Waals surface area contributed by atoms with Crippen LogP contribution >= 0.6 is 0 Å². The lowest BCUT2D eigenvalue weighted by molar-refractivity contribution is 0.104. The Morgan fingerprint density at radius 1 is 0.909 bits per heavy atom. The number of carbonyl (C=O) groups is 1. The maximum Gasteiger partial charge on any atom is 0.200 e. The third-order valence-electron chi connectivity index (χ3n) is 2.78. The van der Waals surface area contributed by atoms with E-state index in [-0.39, 0.29) is 11.3 Å². The molecular weight excluding hydrogens is 307 g/mol. The number of aromatic hydroxyl groups is 1. The SMILES string of the molecule is O=C(/C=C/c1c(F)c(F)c(F)c(F)c1F)c1cccc(O)c1. The first-order valence-electron chi connectivity index (χ1n) is 5.85. The molecule has 0 spiro atoms. The summed E-state index contributed by atoms with van der Waals surface area (Å²) in [5, 5.41) is 9.20. The van der Waals surface area contributed by atoms with Gasteiger partial charge in [0, 0.05) is 5.56 Å². The molecular formula is C15H7F5O2. The number of hydrogen-bond donors (Lipinski definition) is 1. The number of phenolic OH excluding ortho intramolecular Hbond substituents is 1. The normalized spacial score (nSPS) is 11.1. The van der Waals surface area contributed by atoms with E-state index in [9.17, 15) is 31.9 Å². The second-order valence-electron chi connectivity index (χ2n) is 4.23. The topological polar surface area (TPSA) is 37.3 Å². The van der Waals surface area contributed by atoms with Crippen molar-refractivity contribution in [2.24, 2.45) is 0 Å². The van der Waals surface area contributed by atoms with Gasteiger partial charge in [-0.15, -0.1) is 0 Å². The average Bonchev–Trinajstić information content (AvgIpc) is 2.50. The molecule has 7 heteroatoms. The molecule has 0 heterocycles. The Labute approximate surface area is 121 Å². The highest BCUT2D eigenvalue weighted by atomic mass is 19.2. The summed E-state index contributed by atoms with van der Waals surface area (Å²) in [5.41, 5.74) is -1.23. The van der Waals surface area contributed by atoms with Gasteiger partial charge in [0.05, 0.1) is 5.56 Å². The summed E-state index contributed by atoms with van der Waals surface area (Å²) in [6.07, 6.45) is 1.13. The van der Waals surface area contributed by atoms with Crippen LogP contribution in [-0.2, 0) is 0 Å². The van der Waals surface area contributed by atoms with E-state index < -0.39 is 40.4 Å². The highest BCUT2D eigenvalue weighted by Crippen LogP contribution is 2.24. The van der Waals surface area contributed by atoms with Crippen LogP contribution in [0.15, 0.2) is 30.3 Å². The molecule has 0 aliphatic rings. The molecule has 0 unspecified atom stereocenters. The van der Waals surface area contributed by atoms with Crippen molar-refractivity contribution in [2.75, 3.05) is 0 Å². The minimum absolute atomic E-state index is 0.0138. The van der Waals surface area contributed by atoms with Gasteiger partial charge in [0.2, 0.25) is 5.82 Å². The number of benzene rings is 2. The quantitative estimate of drug-likeness (QED) is 0.306. The molecule has 2 rings (SSSR count). The molecule has 114 valence electrons. The number of hydrogen-bond acceptors (Lipinski definition) is 2. The maximum absolute atomic E-state index is 13.4. The fraction of sp³-hybridized carbons (Fsp3) is 0. The summed E-state index contributed by atoms with van der Waals surface area (Å²) in [6, 6.07) is 5.05. The Balaban J connectivity index is 2.41. The van der Waals surface area contributed by atoms with Crippen LogP contribution < -0.4 is 0 Å². The zero-order valence-corrected chi connectivity index (χ0v) is 10.7. The van der Waals surface area contributed by atoms with E-state index in [0.717, 1.165) is 6.07 Å². The zero-order chi connectivity index (χ0) is 16.4. The van der Waals surface area contributed by atoms with Crippen molar-refractivity contribution >= 4 is 11.9 Å². The van der Waals surface area contributed by atoms with E-state index in [0.29, 0.717) is 12.2 Å². The van der Waals surface area contributed by atoms with Crippen LogP contribution in [0.2, 0.25) is 0 Å². The highest BCUT2D eigenvalue weighted by Gasteiger charge is 2.24. The summed E-state index contributed by atoms with van der Waals surface area (Å²) < 4.78 is 65.6. The Kier molecular flexibility index (Phi) is 4.25. The predicted molar refractivity (Wildman–Crippen MR) is 67.7 cm³/mol. The predicted octanol–water partition coefficient (Wildman–Crippen LogP) is 3.98. The molecule has 0 aromatic heterocycles. The van der Waals surface area contributed by atoms with Gasteiger partial charge in [0.25, 0.3) is 0 Å². The molecule has 22 heavy (non-hydrogen) atoms. The minimum atomic E-state index is -2.27. The van der Waals surface area contributed by atoms with Gasteiger partial charge in [0.15, 0.2) is 29.1 Å². The lowest BCUT2D eigenvalue weighted by Crippen LogP contribution is -2.04. The Morgan fingerprint density at radius 2 is 1.45 bits per heavy atom. The van der Waals surface area contributed by atoms with Crippen LogP contribution in [0.3, 0.4) is 0 Å². The summed E-state index contributed by atoms with van der Waals surface area (Å²) >= 11 is 0. The summed E-state index contributed by atoms with van der Waals surface area (Å²) in [7, 11) is 0. The monoisotopic (exact) mass is 314 g/mol. The minimum Gasteiger partial charge on any atom is -0.508 e. The van der Waals surface area contributed by atoms with Crippen LogP contribution in [0, 0.1) is 29.1 Å². The lowest BCUT2D eigenvalue weighted by atomic mass is 10.1. The van der Waals surface area contributed by atoms with Crippen molar-refractivity contribution < 1.29 is 31.9 Å². The van der Waals surface area contributed by atoms with Crippen LogP contribution in [0.1, 0.15) is 15.9 Å². The number of rotatable bonds is 3. The molecule has 2 aromatic carbocycles. The largest absolute Gasteiger partial charge is 0.508 e. The number of ketones is 1. The standard InChI is InChI=1S/C15H7F5O2/c16-11-9(12(17)14(19)15(20)13(11)18)4-5-10(22)7-2-1-3-8(21)6-7/h1-6,21H/b5-4+. The van der Waals surface area contributed by atoms with E-state index in [1.54, 1.807) is 0 Å². The van der Waals surface area contributed by atoms with Crippen LogP contribution in [0.4, 0.5) is 22.0 Å². The second kappa shape index (κ2) is 5.97. The van der Waals surface area contributed by atoms with E-state index in [4.69, 9.17) is 0 Å². The maximum atomic E-state index is 13.4. The number of phenols is 1. The Bertz CT molecular complexity index is 755. The molecule has 0 aliphatic heterocycles. The van der Waals surface area contributed by atoms with Crippen molar-refractivity contribution in [3.63, 3.8) is 0 Å².